The molecule has 19 heavy (non-hydrogen) atoms. The van der Waals surface area contributed by atoms with Crippen molar-refractivity contribution in [1.29, 1.82) is 0 Å². The summed E-state index contributed by atoms with van der Waals surface area (Å²) in [5.74, 6) is -0.729. The molecule has 5 nitrogen and oxygen atoms in total. The number of halogens is 3. The Hall–Kier alpha value is -2.16. The van der Waals surface area contributed by atoms with Crippen LogP contribution in [0.5, 0.6) is 0 Å². The second-order valence-electron chi connectivity index (χ2n) is 3.30. The molecule has 0 aliphatic rings. The molecule has 0 saturated heterocycles. The van der Waals surface area contributed by atoms with Gasteiger partial charge in [0.2, 0.25) is 0 Å². The zero-order valence-corrected chi connectivity index (χ0v) is 10.1. The highest BCUT2D eigenvalue weighted by atomic mass is 32.1. The summed E-state index contributed by atoms with van der Waals surface area (Å²) in [5.41, 5.74) is 1.92. The Bertz CT molecular complexity index is 607. The minimum atomic E-state index is -2.81. The van der Waals surface area contributed by atoms with E-state index >= 15 is 0 Å². The van der Waals surface area contributed by atoms with Crippen molar-refractivity contribution in [3.8, 4) is 0 Å². The van der Waals surface area contributed by atoms with Gasteiger partial charge in [0.15, 0.2) is 10.8 Å². The van der Waals surface area contributed by atoms with Crippen molar-refractivity contribution in [3.63, 3.8) is 0 Å². The van der Waals surface area contributed by atoms with Crippen molar-refractivity contribution < 1.29 is 18.0 Å². The van der Waals surface area contributed by atoms with Crippen LogP contribution in [0.4, 0.5) is 13.2 Å². The van der Waals surface area contributed by atoms with Crippen molar-refractivity contribution in [2.75, 3.05) is 0 Å². The maximum absolute atomic E-state index is 12.6. The van der Waals surface area contributed by atoms with E-state index in [9.17, 15) is 18.0 Å². The molecule has 0 fully saturated rings. The maximum atomic E-state index is 12.6. The lowest BCUT2D eigenvalue weighted by Gasteiger charge is -1.97. The van der Waals surface area contributed by atoms with Gasteiger partial charge in [0.1, 0.15) is 0 Å². The first-order valence-electron chi connectivity index (χ1n) is 4.98. The number of hydrogen-bond donors (Lipinski definition) is 1. The maximum Gasteiger partial charge on any atom is 0.333 e. The van der Waals surface area contributed by atoms with Gasteiger partial charge in [-0.05, 0) is 18.2 Å². The minimum Gasteiger partial charge on any atom is -0.265 e. The number of carbonyl (C=O) groups is 1. The van der Waals surface area contributed by atoms with Gasteiger partial charge >= 0.3 is 6.55 Å². The van der Waals surface area contributed by atoms with Crippen LogP contribution in [-0.2, 0) is 0 Å². The van der Waals surface area contributed by atoms with Gasteiger partial charge in [-0.1, -0.05) is 0 Å². The summed E-state index contributed by atoms with van der Waals surface area (Å²) in [7, 11) is 0. The number of carbonyl (C=O) groups excluding carboxylic acids is 1. The van der Waals surface area contributed by atoms with Gasteiger partial charge < -0.3 is 0 Å². The summed E-state index contributed by atoms with van der Waals surface area (Å²) < 4.78 is 37.4. The number of hydrogen-bond acceptors (Lipinski definition) is 4. The highest BCUT2D eigenvalue weighted by molar-refractivity contribution is 7.12. The molecule has 0 aromatic carbocycles. The van der Waals surface area contributed by atoms with E-state index in [4.69, 9.17) is 0 Å². The van der Waals surface area contributed by atoms with Gasteiger partial charge in [0, 0.05) is 6.20 Å². The van der Waals surface area contributed by atoms with E-state index in [2.05, 4.69) is 15.6 Å². The SMILES string of the molecule is O=C(N/N=C\c1ccc(F)s1)c1ccn(C(F)F)n1. The number of hydrazone groups is 1. The predicted octanol–water partition coefficient (Wildman–Crippen LogP) is 2.24. The van der Waals surface area contributed by atoms with Crippen LogP contribution < -0.4 is 5.43 Å². The van der Waals surface area contributed by atoms with Crippen LogP contribution in [0.15, 0.2) is 29.5 Å². The fourth-order valence-electron chi connectivity index (χ4n) is 1.18. The Morgan fingerprint density at radius 1 is 1.47 bits per heavy atom. The fourth-order valence-corrected chi connectivity index (χ4v) is 1.78. The zero-order chi connectivity index (χ0) is 13.8. The van der Waals surface area contributed by atoms with Crippen LogP contribution in [0, 0.1) is 5.13 Å². The van der Waals surface area contributed by atoms with Gasteiger partial charge in [0.05, 0.1) is 11.1 Å². The molecule has 0 aliphatic carbocycles. The second-order valence-corrected chi connectivity index (χ2v) is 4.37. The number of rotatable bonds is 4. The van der Waals surface area contributed by atoms with Gasteiger partial charge in [0.25, 0.3) is 5.91 Å². The standard InChI is InChI=1S/C10H7F3N4OS/c11-8-2-1-6(19-8)5-14-15-9(18)7-3-4-17(16-7)10(12)13/h1-5,10H,(H,15,18)/b14-5-. The average Bonchev–Trinajstić information content (AvgIpc) is 2.98. The molecule has 1 N–H and O–H groups in total. The topological polar surface area (TPSA) is 59.3 Å². The van der Waals surface area contributed by atoms with E-state index in [1.54, 1.807) is 0 Å². The number of thiophene rings is 1. The second kappa shape index (κ2) is 5.65. The van der Waals surface area contributed by atoms with E-state index in [1.807, 2.05) is 0 Å². The molecule has 0 saturated carbocycles. The van der Waals surface area contributed by atoms with Crippen molar-refractivity contribution in [3.05, 3.63) is 40.1 Å². The third-order valence-electron chi connectivity index (χ3n) is 1.99. The van der Waals surface area contributed by atoms with Crippen molar-refractivity contribution in [2.24, 2.45) is 5.10 Å². The number of alkyl halides is 2. The molecule has 0 unspecified atom stereocenters. The van der Waals surface area contributed by atoms with Crippen LogP contribution in [0.1, 0.15) is 21.9 Å². The van der Waals surface area contributed by atoms with Crippen LogP contribution >= 0.6 is 11.3 Å². The number of aromatic nitrogens is 2. The van der Waals surface area contributed by atoms with Crippen LogP contribution in [0.25, 0.3) is 0 Å². The molecule has 1 amide bonds. The average molecular weight is 288 g/mol. The molecule has 100 valence electrons. The highest BCUT2D eigenvalue weighted by Crippen LogP contribution is 2.11. The molecule has 0 atom stereocenters. The lowest BCUT2D eigenvalue weighted by atomic mass is 10.4. The summed E-state index contributed by atoms with van der Waals surface area (Å²) in [4.78, 5) is 12.0. The van der Waals surface area contributed by atoms with Crippen LogP contribution in [-0.4, -0.2) is 21.9 Å². The normalized spacial score (nSPS) is 11.4. The predicted molar refractivity (Wildman–Crippen MR) is 62.8 cm³/mol. The third-order valence-corrected chi connectivity index (χ3v) is 2.80. The quantitative estimate of drug-likeness (QED) is 0.693. The van der Waals surface area contributed by atoms with Gasteiger partial charge in [-0.25, -0.2) is 10.1 Å². The Labute approximate surface area is 109 Å². The van der Waals surface area contributed by atoms with E-state index in [0.29, 0.717) is 9.56 Å². The molecule has 0 bridgehead atoms. The van der Waals surface area contributed by atoms with Crippen molar-refractivity contribution >= 4 is 23.5 Å². The van der Waals surface area contributed by atoms with Crippen molar-refractivity contribution in [1.82, 2.24) is 15.2 Å². The Balaban J connectivity index is 1.95. The third kappa shape index (κ3) is 3.41. The Kier molecular flexibility index (Phi) is 3.95. The molecule has 0 radical (unpaired) electrons. The molecule has 9 heteroatoms. The van der Waals surface area contributed by atoms with Crippen LogP contribution in [0.2, 0.25) is 0 Å². The molecule has 2 aromatic rings. The lowest BCUT2D eigenvalue weighted by molar-refractivity contribution is 0.0560. The fraction of sp³-hybridized carbons (Fsp3) is 0.100. The first kappa shape index (κ1) is 13.3. The van der Waals surface area contributed by atoms with E-state index in [0.717, 1.165) is 23.6 Å². The van der Waals surface area contributed by atoms with Gasteiger partial charge in [-0.3, -0.25) is 4.79 Å². The Morgan fingerprint density at radius 2 is 2.26 bits per heavy atom. The first-order valence-corrected chi connectivity index (χ1v) is 5.80. The molecule has 2 heterocycles. The summed E-state index contributed by atoms with van der Waals surface area (Å²) >= 11 is 0.857. The van der Waals surface area contributed by atoms with Crippen molar-refractivity contribution in [2.45, 2.75) is 6.55 Å². The molecular formula is C10H7F3N4OS. The zero-order valence-electron chi connectivity index (χ0n) is 9.26. The Morgan fingerprint density at radius 3 is 2.84 bits per heavy atom. The smallest absolute Gasteiger partial charge is 0.265 e. The number of nitrogens with one attached hydrogen (secondary N) is 1. The van der Waals surface area contributed by atoms with Gasteiger partial charge in [-0.15, -0.1) is 11.3 Å². The molecular weight excluding hydrogens is 281 g/mol. The first-order chi connectivity index (χ1) is 9.06. The van der Waals surface area contributed by atoms with Crippen LogP contribution in [0.3, 0.4) is 0 Å². The number of amides is 1. The lowest BCUT2D eigenvalue weighted by Crippen LogP contribution is -2.18. The van der Waals surface area contributed by atoms with E-state index in [1.165, 1.54) is 18.3 Å². The highest BCUT2D eigenvalue weighted by Gasteiger charge is 2.12. The molecule has 2 rings (SSSR count). The summed E-state index contributed by atoms with van der Waals surface area (Å²) in [6.45, 7) is -2.81. The summed E-state index contributed by atoms with van der Waals surface area (Å²) in [6, 6.07) is 3.89. The van der Waals surface area contributed by atoms with Gasteiger partial charge in [-0.2, -0.15) is 23.4 Å². The summed E-state index contributed by atoms with van der Waals surface area (Å²) in [6.07, 6.45) is 2.23. The monoisotopic (exact) mass is 288 g/mol. The minimum absolute atomic E-state index is 0.185. The largest absolute Gasteiger partial charge is 0.333 e. The van der Waals surface area contributed by atoms with E-state index in [-0.39, 0.29) is 10.8 Å². The molecule has 2 aromatic heterocycles. The van der Waals surface area contributed by atoms with E-state index < -0.39 is 12.5 Å². The molecule has 0 spiro atoms. The molecule has 0 aliphatic heterocycles. The number of nitrogens with zero attached hydrogens (tertiary/aromatic N) is 3. The summed E-state index contributed by atoms with van der Waals surface area (Å²) in [5, 5.41) is 6.56.